The van der Waals surface area contributed by atoms with E-state index >= 15 is 0 Å². The summed E-state index contributed by atoms with van der Waals surface area (Å²) in [6.45, 7) is 1.09. The highest BCUT2D eigenvalue weighted by molar-refractivity contribution is 9.10. The van der Waals surface area contributed by atoms with Crippen molar-refractivity contribution in [2.45, 2.75) is 12.5 Å². The number of benzene rings is 1. The lowest BCUT2D eigenvalue weighted by Gasteiger charge is -2.19. The number of carboxylic acids is 1. The van der Waals surface area contributed by atoms with Gasteiger partial charge in [-0.1, -0.05) is 27.5 Å². The van der Waals surface area contributed by atoms with Crippen LogP contribution in [0.5, 0.6) is 0 Å². The first kappa shape index (κ1) is 13.3. The molecule has 0 amide bonds. The third-order valence-corrected chi connectivity index (χ3v) is 2.84. The summed E-state index contributed by atoms with van der Waals surface area (Å²) >= 11 is 9.16. The standard InChI is InChI=1S/C10H11BrClNO3/c1-10(16,9(14)15)5-13-8-4-6(11)2-3-7(8)12/h2-4,13,16H,5H2,1H3,(H,14,15). The van der Waals surface area contributed by atoms with Crippen molar-refractivity contribution in [2.75, 3.05) is 11.9 Å². The highest BCUT2D eigenvalue weighted by Gasteiger charge is 2.29. The van der Waals surface area contributed by atoms with Gasteiger partial charge in [-0.15, -0.1) is 0 Å². The van der Waals surface area contributed by atoms with Gasteiger partial charge in [0.2, 0.25) is 0 Å². The molecule has 1 aromatic rings. The molecular weight excluding hydrogens is 297 g/mol. The van der Waals surface area contributed by atoms with E-state index < -0.39 is 11.6 Å². The molecule has 0 aliphatic carbocycles. The maximum absolute atomic E-state index is 10.7. The summed E-state index contributed by atoms with van der Waals surface area (Å²) < 4.78 is 0.814. The summed E-state index contributed by atoms with van der Waals surface area (Å²) in [4.78, 5) is 10.7. The smallest absolute Gasteiger partial charge is 0.337 e. The first-order valence-corrected chi connectivity index (χ1v) is 5.65. The van der Waals surface area contributed by atoms with E-state index in [0.29, 0.717) is 10.7 Å². The molecule has 0 aliphatic heterocycles. The second kappa shape index (κ2) is 5.03. The van der Waals surface area contributed by atoms with E-state index in [9.17, 15) is 9.90 Å². The summed E-state index contributed by atoms with van der Waals surface area (Å²) in [5.74, 6) is -1.29. The van der Waals surface area contributed by atoms with Crippen molar-refractivity contribution in [1.29, 1.82) is 0 Å². The molecule has 1 rings (SSSR count). The molecule has 0 bridgehead atoms. The van der Waals surface area contributed by atoms with Crippen molar-refractivity contribution in [3.05, 3.63) is 27.7 Å². The SMILES string of the molecule is CC(O)(CNc1cc(Br)ccc1Cl)C(=O)O. The number of hydrogen-bond acceptors (Lipinski definition) is 3. The molecule has 1 unspecified atom stereocenters. The van der Waals surface area contributed by atoms with Gasteiger partial charge in [-0.05, 0) is 25.1 Å². The number of nitrogens with one attached hydrogen (secondary N) is 1. The van der Waals surface area contributed by atoms with Gasteiger partial charge in [-0.3, -0.25) is 0 Å². The fraction of sp³-hybridized carbons (Fsp3) is 0.300. The van der Waals surface area contributed by atoms with E-state index in [2.05, 4.69) is 21.2 Å². The highest BCUT2D eigenvalue weighted by atomic mass is 79.9. The molecule has 4 nitrogen and oxygen atoms in total. The van der Waals surface area contributed by atoms with Gasteiger partial charge in [0.1, 0.15) is 0 Å². The van der Waals surface area contributed by atoms with E-state index in [-0.39, 0.29) is 6.54 Å². The quantitative estimate of drug-likeness (QED) is 0.798. The molecule has 1 atom stereocenters. The van der Waals surface area contributed by atoms with Crippen LogP contribution in [-0.2, 0) is 4.79 Å². The van der Waals surface area contributed by atoms with Crippen LogP contribution in [0.3, 0.4) is 0 Å². The Morgan fingerprint density at radius 1 is 1.62 bits per heavy atom. The average Bonchev–Trinajstić information content (AvgIpc) is 2.19. The molecule has 88 valence electrons. The molecule has 0 radical (unpaired) electrons. The predicted molar refractivity (Wildman–Crippen MR) is 65.9 cm³/mol. The number of carbonyl (C=O) groups is 1. The maximum atomic E-state index is 10.7. The predicted octanol–water partition coefficient (Wildman–Crippen LogP) is 2.35. The van der Waals surface area contributed by atoms with E-state index in [0.717, 1.165) is 4.47 Å². The minimum atomic E-state index is -1.83. The van der Waals surface area contributed by atoms with Gasteiger partial charge in [0, 0.05) is 4.47 Å². The van der Waals surface area contributed by atoms with Crippen LogP contribution in [-0.4, -0.2) is 28.3 Å². The largest absolute Gasteiger partial charge is 0.479 e. The average molecular weight is 309 g/mol. The zero-order valence-electron chi connectivity index (χ0n) is 8.50. The van der Waals surface area contributed by atoms with Crippen molar-refractivity contribution in [3.63, 3.8) is 0 Å². The van der Waals surface area contributed by atoms with Crippen molar-refractivity contribution in [3.8, 4) is 0 Å². The molecule has 0 fully saturated rings. The summed E-state index contributed by atoms with van der Waals surface area (Å²) in [6.07, 6.45) is 0. The van der Waals surface area contributed by atoms with Crippen LogP contribution in [0.1, 0.15) is 6.92 Å². The Hall–Kier alpha value is -0.780. The third-order valence-electron chi connectivity index (χ3n) is 2.01. The van der Waals surface area contributed by atoms with Crippen LogP contribution < -0.4 is 5.32 Å². The first-order chi connectivity index (χ1) is 7.33. The van der Waals surface area contributed by atoms with Crippen LogP contribution in [0.25, 0.3) is 0 Å². The van der Waals surface area contributed by atoms with Crippen LogP contribution in [0, 0.1) is 0 Å². The van der Waals surface area contributed by atoms with Gasteiger partial charge in [0.05, 0.1) is 17.3 Å². The minimum absolute atomic E-state index is 0.126. The summed E-state index contributed by atoms with van der Waals surface area (Å²) in [7, 11) is 0. The second-order valence-electron chi connectivity index (χ2n) is 3.56. The van der Waals surface area contributed by atoms with Crippen molar-refractivity contribution >= 4 is 39.2 Å². The topological polar surface area (TPSA) is 69.6 Å². The van der Waals surface area contributed by atoms with E-state index in [1.807, 2.05) is 0 Å². The normalized spacial score (nSPS) is 14.2. The number of aliphatic hydroxyl groups is 1. The van der Waals surface area contributed by atoms with Crippen LogP contribution in [0.4, 0.5) is 5.69 Å². The lowest BCUT2D eigenvalue weighted by molar-refractivity contribution is -0.155. The Morgan fingerprint density at radius 2 is 2.25 bits per heavy atom. The molecule has 1 aromatic carbocycles. The summed E-state index contributed by atoms with van der Waals surface area (Å²) in [6, 6.07) is 5.15. The number of carboxylic acid groups (broad SMARTS) is 1. The number of rotatable bonds is 4. The maximum Gasteiger partial charge on any atom is 0.337 e. The fourth-order valence-corrected chi connectivity index (χ4v) is 1.52. The van der Waals surface area contributed by atoms with Crippen LogP contribution >= 0.6 is 27.5 Å². The lowest BCUT2D eigenvalue weighted by Crippen LogP contribution is -2.41. The molecule has 16 heavy (non-hydrogen) atoms. The Morgan fingerprint density at radius 3 is 2.81 bits per heavy atom. The number of halogens is 2. The van der Waals surface area contributed by atoms with Crippen LogP contribution in [0.2, 0.25) is 5.02 Å². The summed E-state index contributed by atoms with van der Waals surface area (Å²) in [5, 5.41) is 21.5. The highest BCUT2D eigenvalue weighted by Crippen LogP contribution is 2.26. The first-order valence-electron chi connectivity index (χ1n) is 4.47. The van der Waals surface area contributed by atoms with Crippen molar-refractivity contribution in [1.82, 2.24) is 0 Å². The van der Waals surface area contributed by atoms with E-state index in [1.165, 1.54) is 6.92 Å². The number of anilines is 1. The van der Waals surface area contributed by atoms with Gasteiger partial charge in [0.15, 0.2) is 5.60 Å². The Labute approximate surface area is 106 Å². The van der Waals surface area contributed by atoms with E-state index in [1.54, 1.807) is 18.2 Å². The second-order valence-corrected chi connectivity index (χ2v) is 4.88. The zero-order chi connectivity index (χ0) is 12.3. The van der Waals surface area contributed by atoms with E-state index in [4.69, 9.17) is 16.7 Å². The molecule has 0 aliphatic rings. The molecule has 3 N–H and O–H groups in total. The molecule has 6 heteroatoms. The molecule has 0 saturated heterocycles. The zero-order valence-corrected chi connectivity index (χ0v) is 10.8. The van der Waals surface area contributed by atoms with Crippen molar-refractivity contribution in [2.24, 2.45) is 0 Å². The molecule has 0 aromatic heterocycles. The van der Waals surface area contributed by atoms with Gasteiger partial charge in [-0.2, -0.15) is 0 Å². The third kappa shape index (κ3) is 3.37. The Kier molecular flexibility index (Phi) is 4.18. The minimum Gasteiger partial charge on any atom is -0.479 e. The molecular formula is C10H11BrClNO3. The monoisotopic (exact) mass is 307 g/mol. The van der Waals surface area contributed by atoms with Gasteiger partial charge < -0.3 is 15.5 Å². The Balaban J connectivity index is 2.75. The molecule has 0 heterocycles. The lowest BCUT2D eigenvalue weighted by atomic mass is 10.1. The fourth-order valence-electron chi connectivity index (χ4n) is 0.976. The van der Waals surface area contributed by atoms with Gasteiger partial charge >= 0.3 is 5.97 Å². The number of aliphatic carboxylic acids is 1. The Bertz CT molecular complexity index is 409. The van der Waals surface area contributed by atoms with Crippen LogP contribution in [0.15, 0.2) is 22.7 Å². The number of hydrogen-bond donors (Lipinski definition) is 3. The summed E-state index contributed by atoms with van der Waals surface area (Å²) in [5.41, 5.74) is -1.26. The van der Waals surface area contributed by atoms with Crippen molar-refractivity contribution < 1.29 is 15.0 Å². The van der Waals surface area contributed by atoms with Gasteiger partial charge in [0.25, 0.3) is 0 Å². The molecule has 0 saturated carbocycles. The molecule has 0 spiro atoms. The van der Waals surface area contributed by atoms with Gasteiger partial charge in [-0.25, -0.2) is 4.79 Å².